The van der Waals surface area contributed by atoms with Gasteiger partial charge in [0.05, 0.1) is 26.2 Å². The van der Waals surface area contributed by atoms with Gasteiger partial charge in [0, 0.05) is 26.1 Å². The van der Waals surface area contributed by atoms with Gasteiger partial charge in [-0.05, 0) is 57.9 Å². The van der Waals surface area contributed by atoms with E-state index in [9.17, 15) is 14.7 Å². The van der Waals surface area contributed by atoms with Gasteiger partial charge in [-0.3, -0.25) is 9.59 Å². The highest BCUT2D eigenvalue weighted by atomic mass is 16.5. The number of carbonyl (C=O) groups is 2. The molecule has 0 radical (unpaired) electrons. The zero-order valence-corrected chi connectivity index (χ0v) is 33.0. The lowest BCUT2D eigenvalue weighted by molar-refractivity contribution is -0.151. The lowest BCUT2D eigenvalue weighted by Gasteiger charge is -2.22. The van der Waals surface area contributed by atoms with E-state index in [0.717, 1.165) is 83.8 Å². The van der Waals surface area contributed by atoms with Crippen molar-refractivity contribution in [2.24, 2.45) is 0 Å². The molecule has 0 rings (SSSR count). The molecule has 0 heterocycles. The van der Waals surface area contributed by atoms with Gasteiger partial charge in [-0.25, -0.2) is 0 Å². The molecule has 0 aliphatic heterocycles. The largest absolute Gasteiger partial charge is 0.466 e. The Hall–Kier alpha value is -1.18. The number of esters is 2. The van der Waals surface area contributed by atoms with Crippen LogP contribution in [0.5, 0.6) is 0 Å². The fraction of sp³-hybridized carbons (Fsp3) is 0.952. The Kier molecular flexibility index (Phi) is 38.6. The molecule has 0 bridgehead atoms. The number of hydrogen-bond acceptors (Lipinski definition) is 7. The van der Waals surface area contributed by atoms with Gasteiger partial charge in [-0.2, -0.15) is 0 Å². The lowest BCUT2D eigenvalue weighted by Crippen LogP contribution is -2.30. The smallest absolute Gasteiger partial charge is 0.308 e. The van der Waals surface area contributed by atoms with Crippen LogP contribution in [0.1, 0.15) is 207 Å². The summed E-state index contributed by atoms with van der Waals surface area (Å²) in [5.41, 5.74) is 0. The van der Waals surface area contributed by atoms with E-state index >= 15 is 0 Å². The summed E-state index contributed by atoms with van der Waals surface area (Å²) in [6.45, 7) is 10.9. The second-order valence-corrected chi connectivity index (χ2v) is 14.4. The normalized spacial score (nSPS) is 11.6. The summed E-state index contributed by atoms with van der Waals surface area (Å²) in [4.78, 5) is 27.1. The number of nitrogens with zero attached hydrogens (tertiary/aromatic N) is 1. The van der Waals surface area contributed by atoms with Gasteiger partial charge in [-0.15, -0.1) is 0 Å². The first-order valence-corrected chi connectivity index (χ1v) is 21.3. The minimum absolute atomic E-state index is 0.0420. The van der Waals surface area contributed by atoms with Gasteiger partial charge in [0.2, 0.25) is 0 Å². The van der Waals surface area contributed by atoms with Crippen molar-refractivity contribution in [2.75, 3.05) is 46.1 Å². The summed E-state index contributed by atoms with van der Waals surface area (Å²) in [7, 11) is 0. The second-order valence-electron chi connectivity index (χ2n) is 14.4. The number of unbranched alkanes of at least 4 members (excludes halogenated alkanes) is 20. The Balaban J connectivity index is 4.12. The monoisotopic (exact) mass is 698 g/mol. The molecular weight excluding hydrogens is 614 g/mol. The minimum atomic E-state index is -0.134. The number of ether oxygens (including phenoxy) is 3. The van der Waals surface area contributed by atoms with Crippen molar-refractivity contribution >= 4 is 11.9 Å². The Morgan fingerprint density at radius 3 is 1.53 bits per heavy atom. The Labute approximate surface area is 304 Å². The van der Waals surface area contributed by atoms with Crippen LogP contribution in [0.3, 0.4) is 0 Å². The van der Waals surface area contributed by atoms with Crippen LogP contribution in [0.4, 0.5) is 0 Å². The highest BCUT2D eigenvalue weighted by molar-refractivity contribution is 5.69. The number of carbonyl (C=O) groups excluding carboxylic acids is 2. The molecule has 49 heavy (non-hydrogen) atoms. The molecule has 7 nitrogen and oxygen atoms in total. The molecule has 0 atom stereocenters. The van der Waals surface area contributed by atoms with Crippen molar-refractivity contribution in [2.45, 2.75) is 213 Å². The second kappa shape index (κ2) is 39.6. The van der Waals surface area contributed by atoms with E-state index in [4.69, 9.17) is 14.2 Å². The standard InChI is InChI=1S/C42H83NO6/c1-4-7-10-13-16-17-18-21-27-37-48-41(45)31-25-22-26-33-43(34-28-36-44)35-39-47-38-32-42(46)49-40(29-23-19-14-11-8-5-2)30-24-20-15-12-9-6-3/h40,44H,4-39H2,1-3H3. The average Bonchev–Trinajstić information content (AvgIpc) is 3.10. The molecule has 0 aromatic heterocycles. The molecule has 0 amide bonds. The van der Waals surface area contributed by atoms with E-state index in [-0.39, 0.29) is 24.6 Å². The molecule has 0 saturated heterocycles. The molecule has 0 aromatic carbocycles. The first kappa shape index (κ1) is 47.8. The van der Waals surface area contributed by atoms with Gasteiger partial charge >= 0.3 is 11.9 Å². The van der Waals surface area contributed by atoms with Crippen molar-refractivity contribution < 1.29 is 28.9 Å². The lowest BCUT2D eigenvalue weighted by atomic mass is 10.0. The summed E-state index contributed by atoms with van der Waals surface area (Å²) in [5.74, 6) is -0.203. The number of rotatable bonds is 40. The number of aliphatic hydroxyl groups excluding tert-OH is 1. The highest BCUT2D eigenvalue weighted by Crippen LogP contribution is 2.18. The van der Waals surface area contributed by atoms with E-state index in [1.165, 1.54) is 109 Å². The molecule has 0 spiro atoms. The fourth-order valence-electron chi connectivity index (χ4n) is 6.35. The van der Waals surface area contributed by atoms with Crippen LogP contribution in [0.15, 0.2) is 0 Å². The molecule has 0 unspecified atom stereocenters. The van der Waals surface area contributed by atoms with Crippen molar-refractivity contribution in [3.8, 4) is 0 Å². The van der Waals surface area contributed by atoms with E-state index in [1.54, 1.807) is 0 Å². The summed E-state index contributed by atoms with van der Waals surface area (Å²) < 4.78 is 17.2. The minimum Gasteiger partial charge on any atom is -0.466 e. The maximum Gasteiger partial charge on any atom is 0.308 e. The number of hydrogen-bond donors (Lipinski definition) is 1. The van der Waals surface area contributed by atoms with Crippen LogP contribution in [0.2, 0.25) is 0 Å². The van der Waals surface area contributed by atoms with Gasteiger partial charge < -0.3 is 24.2 Å². The zero-order valence-electron chi connectivity index (χ0n) is 33.0. The van der Waals surface area contributed by atoms with Crippen molar-refractivity contribution in [3.63, 3.8) is 0 Å². The Morgan fingerprint density at radius 2 is 0.980 bits per heavy atom. The maximum atomic E-state index is 12.7. The SMILES string of the molecule is CCCCCCCCCCCOC(=O)CCCCCN(CCCO)CCOCCC(=O)OC(CCCCCCCC)CCCCCCCC. The molecule has 0 aliphatic carbocycles. The van der Waals surface area contributed by atoms with Crippen LogP contribution < -0.4 is 0 Å². The molecule has 292 valence electrons. The van der Waals surface area contributed by atoms with Crippen LogP contribution >= 0.6 is 0 Å². The van der Waals surface area contributed by atoms with Crippen LogP contribution in [-0.4, -0.2) is 74.1 Å². The quantitative estimate of drug-likeness (QED) is 0.0504. The molecule has 1 N–H and O–H groups in total. The Bertz CT molecular complexity index is 674. The summed E-state index contributed by atoms with van der Waals surface area (Å²) in [5, 5.41) is 9.34. The summed E-state index contributed by atoms with van der Waals surface area (Å²) >= 11 is 0. The van der Waals surface area contributed by atoms with Crippen molar-refractivity contribution in [1.29, 1.82) is 0 Å². The Morgan fingerprint density at radius 1 is 0.490 bits per heavy atom. The summed E-state index contributed by atoms with van der Waals surface area (Å²) in [6, 6.07) is 0. The van der Waals surface area contributed by atoms with Crippen LogP contribution in [-0.2, 0) is 23.8 Å². The topological polar surface area (TPSA) is 85.3 Å². The van der Waals surface area contributed by atoms with E-state index in [0.29, 0.717) is 32.7 Å². The molecular formula is C42H83NO6. The van der Waals surface area contributed by atoms with E-state index < -0.39 is 0 Å². The van der Waals surface area contributed by atoms with Gasteiger partial charge in [0.1, 0.15) is 6.10 Å². The van der Waals surface area contributed by atoms with Gasteiger partial charge in [0.15, 0.2) is 0 Å². The fourth-order valence-corrected chi connectivity index (χ4v) is 6.35. The number of aliphatic hydroxyl groups is 1. The third-order valence-electron chi connectivity index (χ3n) is 9.56. The van der Waals surface area contributed by atoms with Crippen molar-refractivity contribution in [3.05, 3.63) is 0 Å². The zero-order chi connectivity index (χ0) is 35.9. The van der Waals surface area contributed by atoms with Crippen molar-refractivity contribution in [1.82, 2.24) is 4.90 Å². The van der Waals surface area contributed by atoms with E-state index in [2.05, 4.69) is 25.7 Å². The predicted octanol–water partition coefficient (Wildman–Crippen LogP) is 11.1. The first-order chi connectivity index (χ1) is 24.1. The van der Waals surface area contributed by atoms with Gasteiger partial charge in [-0.1, -0.05) is 143 Å². The molecule has 0 saturated carbocycles. The summed E-state index contributed by atoms with van der Waals surface area (Å²) in [6.07, 6.45) is 32.8. The molecule has 0 aromatic rings. The molecule has 7 heteroatoms. The third-order valence-corrected chi connectivity index (χ3v) is 9.56. The highest BCUT2D eigenvalue weighted by Gasteiger charge is 2.15. The van der Waals surface area contributed by atoms with E-state index in [1.807, 2.05) is 0 Å². The maximum absolute atomic E-state index is 12.7. The first-order valence-electron chi connectivity index (χ1n) is 21.3. The average molecular weight is 698 g/mol. The van der Waals surface area contributed by atoms with Gasteiger partial charge in [0.25, 0.3) is 0 Å². The third kappa shape index (κ3) is 36.4. The van der Waals surface area contributed by atoms with Crippen LogP contribution in [0, 0.1) is 0 Å². The van der Waals surface area contributed by atoms with Crippen LogP contribution in [0.25, 0.3) is 0 Å². The molecule has 0 aliphatic rings. The molecule has 0 fully saturated rings. The predicted molar refractivity (Wildman–Crippen MR) is 206 cm³/mol.